The van der Waals surface area contributed by atoms with Gasteiger partial charge in [0.05, 0.1) is 25.2 Å². The number of aliphatic hydroxyl groups excluding tert-OH is 1. The third-order valence-corrected chi connectivity index (χ3v) is 2.75. The van der Waals surface area contributed by atoms with Crippen molar-refractivity contribution < 1.29 is 9.84 Å². The van der Waals surface area contributed by atoms with Gasteiger partial charge in [0.2, 0.25) is 0 Å². The van der Waals surface area contributed by atoms with Crippen molar-refractivity contribution in [3.05, 3.63) is 29.8 Å². The molecule has 98 valence electrons. The van der Waals surface area contributed by atoms with E-state index in [2.05, 4.69) is 26.8 Å². The van der Waals surface area contributed by atoms with E-state index in [1.165, 1.54) is 5.56 Å². The SMILES string of the molecule is CC(C)(C)c1cccc(OCCC(O)CC#N)c1. The number of nitrogens with zero attached hydrogens (tertiary/aromatic N) is 1. The summed E-state index contributed by atoms with van der Waals surface area (Å²) in [5.41, 5.74) is 1.32. The highest BCUT2D eigenvalue weighted by Crippen LogP contribution is 2.25. The molecule has 0 spiro atoms. The minimum atomic E-state index is -0.596. The molecule has 1 aromatic carbocycles. The van der Waals surface area contributed by atoms with Crippen molar-refractivity contribution in [1.82, 2.24) is 0 Å². The molecule has 3 heteroatoms. The van der Waals surface area contributed by atoms with E-state index in [-0.39, 0.29) is 11.8 Å². The van der Waals surface area contributed by atoms with Crippen molar-refractivity contribution >= 4 is 0 Å². The maximum atomic E-state index is 9.41. The molecule has 0 saturated carbocycles. The Labute approximate surface area is 109 Å². The molecule has 0 aliphatic carbocycles. The van der Waals surface area contributed by atoms with Gasteiger partial charge in [0.15, 0.2) is 0 Å². The number of nitriles is 1. The van der Waals surface area contributed by atoms with Crippen LogP contribution in [0, 0.1) is 11.3 Å². The van der Waals surface area contributed by atoms with Crippen LogP contribution in [-0.4, -0.2) is 17.8 Å². The molecule has 1 N–H and O–H groups in total. The molecule has 1 unspecified atom stereocenters. The fourth-order valence-electron chi connectivity index (χ4n) is 1.57. The lowest BCUT2D eigenvalue weighted by atomic mass is 9.87. The molecule has 18 heavy (non-hydrogen) atoms. The molecule has 0 saturated heterocycles. The van der Waals surface area contributed by atoms with Crippen LogP contribution in [0.1, 0.15) is 39.2 Å². The van der Waals surface area contributed by atoms with E-state index >= 15 is 0 Å². The van der Waals surface area contributed by atoms with Gasteiger partial charge >= 0.3 is 0 Å². The van der Waals surface area contributed by atoms with Crippen molar-refractivity contribution in [2.45, 2.75) is 45.1 Å². The number of aliphatic hydroxyl groups is 1. The Bertz CT molecular complexity index is 415. The Morgan fingerprint density at radius 2 is 2.11 bits per heavy atom. The minimum Gasteiger partial charge on any atom is -0.493 e. The van der Waals surface area contributed by atoms with Gasteiger partial charge in [-0.3, -0.25) is 0 Å². The van der Waals surface area contributed by atoms with Crippen molar-refractivity contribution in [1.29, 1.82) is 5.26 Å². The lowest BCUT2D eigenvalue weighted by molar-refractivity contribution is 0.143. The molecule has 0 bridgehead atoms. The summed E-state index contributed by atoms with van der Waals surface area (Å²) in [7, 11) is 0. The normalized spacial score (nSPS) is 12.8. The predicted octanol–water partition coefficient (Wildman–Crippen LogP) is 3.03. The largest absolute Gasteiger partial charge is 0.493 e. The third kappa shape index (κ3) is 4.77. The van der Waals surface area contributed by atoms with E-state index in [0.717, 1.165) is 5.75 Å². The van der Waals surface area contributed by atoms with Crippen LogP contribution in [0.2, 0.25) is 0 Å². The Balaban J connectivity index is 2.51. The summed E-state index contributed by atoms with van der Waals surface area (Å²) in [6, 6.07) is 9.93. The standard InChI is InChI=1S/C15H21NO2/c1-15(2,3)12-5-4-6-14(11-12)18-10-8-13(17)7-9-16/h4-6,11,13,17H,7-8,10H2,1-3H3. The van der Waals surface area contributed by atoms with Gasteiger partial charge in [0.1, 0.15) is 5.75 Å². The maximum Gasteiger partial charge on any atom is 0.119 e. The number of rotatable bonds is 5. The molecule has 1 rings (SSSR count). The van der Waals surface area contributed by atoms with Crippen molar-refractivity contribution in [2.75, 3.05) is 6.61 Å². The van der Waals surface area contributed by atoms with Crippen LogP contribution >= 0.6 is 0 Å². The predicted molar refractivity (Wildman–Crippen MR) is 71.5 cm³/mol. The molecular weight excluding hydrogens is 226 g/mol. The summed E-state index contributed by atoms with van der Waals surface area (Å²) in [4.78, 5) is 0. The van der Waals surface area contributed by atoms with Crippen LogP contribution in [0.15, 0.2) is 24.3 Å². The zero-order valence-corrected chi connectivity index (χ0v) is 11.3. The first kappa shape index (κ1) is 14.5. The summed E-state index contributed by atoms with van der Waals surface area (Å²) < 4.78 is 5.59. The van der Waals surface area contributed by atoms with Gasteiger partial charge in [-0.25, -0.2) is 0 Å². The molecule has 0 amide bonds. The maximum absolute atomic E-state index is 9.41. The molecule has 3 nitrogen and oxygen atoms in total. The third-order valence-electron chi connectivity index (χ3n) is 2.75. The van der Waals surface area contributed by atoms with Crippen LogP contribution in [0.4, 0.5) is 0 Å². The summed E-state index contributed by atoms with van der Waals surface area (Å²) in [6.07, 6.45) is 0.0411. The highest BCUT2D eigenvalue weighted by atomic mass is 16.5. The number of hydrogen-bond acceptors (Lipinski definition) is 3. The Hall–Kier alpha value is -1.53. The molecule has 0 heterocycles. The van der Waals surface area contributed by atoms with E-state index in [4.69, 9.17) is 10.00 Å². The summed E-state index contributed by atoms with van der Waals surface area (Å²) in [5, 5.41) is 17.8. The van der Waals surface area contributed by atoms with Crippen molar-refractivity contribution in [3.8, 4) is 11.8 Å². The van der Waals surface area contributed by atoms with E-state index in [1.807, 2.05) is 24.3 Å². The van der Waals surface area contributed by atoms with Crippen LogP contribution in [0.3, 0.4) is 0 Å². The molecule has 0 fully saturated rings. The Kier molecular flexibility index (Phi) is 5.18. The van der Waals surface area contributed by atoms with Gasteiger partial charge in [-0.1, -0.05) is 32.9 Å². The molecule has 1 atom stereocenters. The van der Waals surface area contributed by atoms with Crippen LogP contribution < -0.4 is 4.74 Å². The Morgan fingerprint density at radius 3 is 2.72 bits per heavy atom. The topological polar surface area (TPSA) is 53.2 Å². The van der Waals surface area contributed by atoms with Gasteiger partial charge < -0.3 is 9.84 Å². The van der Waals surface area contributed by atoms with E-state index in [0.29, 0.717) is 13.0 Å². The van der Waals surface area contributed by atoms with Gasteiger partial charge in [-0.05, 0) is 23.1 Å². The fraction of sp³-hybridized carbons (Fsp3) is 0.533. The summed E-state index contributed by atoms with van der Waals surface area (Å²) >= 11 is 0. The number of ether oxygens (including phenoxy) is 1. The van der Waals surface area contributed by atoms with Crippen LogP contribution in [-0.2, 0) is 5.41 Å². The van der Waals surface area contributed by atoms with E-state index in [1.54, 1.807) is 0 Å². The van der Waals surface area contributed by atoms with Crippen LogP contribution in [0.25, 0.3) is 0 Å². The average Bonchev–Trinajstić information content (AvgIpc) is 2.29. The zero-order chi connectivity index (χ0) is 13.6. The minimum absolute atomic E-state index is 0.0969. The molecular formula is C15H21NO2. The first-order valence-corrected chi connectivity index (χ1v) is 6.22. The lowest BCUT2D eigenvalue weighted by Crippen LogP contribution is -2.13. The highest BCUT2D eigenvalue weighted by Gasteiger charge is 2.13. The van der Waals surface area contributed by atoms with Gasteiger partial charge in [0, 0.05) is 6.42 Å². The van der Waals surface area contributed by atoms with Crippen LogP contribution in [0.5, 0.6) is 5.75 Å². The molecule has 0 aliphatic rings. The highest BCUT2D eigenvalue weighted by molar-refractivity contribution is 5.32. The first-order chi connectivity index (χ1) is 8.43. The molecule has 1 aromatic rings. The second kappa shape index (κ2) is 6.42. The molecule has 0 aliphatic heterocycles. The lowest BCUT2D eigenvalue weighted by Gasteiger charge is -2.20. The van der Waals surface area contributed by atoms with Gasteiger partial charge in [-0.2, -0.15) is 5.26 Å². The van der Waals surface area contributed by atoms with E-state index < -0.39 is 6.10 Å². The van der Waals surface area contributed by atoms with Crippen molar-refractivity contribution in [3.63, 3.8) is 0 Å². The number of benzene rings is 1. The fourth-order valence-corrected chi connectivity index (χ4v) is 1.57. The van der Waals surface area contributed by atoms with Gasteiger partial charge in [0.25, 0.3) is 0 Å². The second-order valence-electron chi connectivity index (χ2n) is 5.43. The monoisotopic (exact) mass is 247 g/mol. The van der Waals surface area contributed by atoms with Crippen molar-refractivity contribution in [2.24, 2.45) is 0 Å². The molecule has 0 aromatic heterocycles. The first-order valence-electron chi connectivity index (χ1n) is 6.22. The Morgan fingerprint density at radius 1 is 1.39 bits per heavy atom. The summed E-state index contributed by atoms with van der Waals surface area (Å²) in [5.74, 6) is 0.812. The summed E-state index contributed by atoms with van der Waals surface area (Å²) in [6.45, 7) is 6.89. The van der Waals surface area contributed by atoms with E-state index in [9.17, 15) is 5.11 Å². The van der Waals surface area contributed by atoms with Gasteiger partial charge in [-0.15, -0.1) is 0 Å². The smallest absolute Gasteiger partial charge is 0.119 e. The number of hydrogen-bond donors (Lipinski definition) is 1. The molecule has 0 radical (unpaired) electrons. The second-order valence-corrected chi connectivity index (χ2v) is 5.43. The quantitative estimate of drug-likeness (QED) is 0.870. The zero-order valence-electron chi connectivity index (χ0n) is 11.3. The average molecular weight is 247 g/mol.